The van der Waals surface area contributed by atoms with E-state index in [1.54, 1.807) is 4.57 Å². The van der Waals surface area contributed by atoms with Crippen molar-refractivity contribution in [3.8, 4) is 0 Å². The summed E-state index contributed by atoms with van der Waals surface area (Å²) in [6, 6.07) is 0. The fraction of sp³-hybridized carbons (Fsp3) is 0.583. The number of nitrogens with zero attached hydrogens (tertiary/aromatic N) is 4. The number of fused-ring (bicyclic) bond motifs is 1. The van der Waals surface area contributed by atoms with Gasteiger partial charge < -0.3 is 25.0 Å². The molecular weight excluding hydrogens is 357 g/mol. The van der Waals surface area contributed by atoms with E-state index >= 15 is 0 Å². The molecule has 0 radical (unpaired) electrons. The van der Waals surface area contributed by atoms with Crippen molar-refractivity contribution in [2.75, 3.05) is 12.8 Å². The maximum absolute atomic E-state index is 9.52. The molecule has 0 spiro atoms. The number of methoxy groups -OCH3 is 1. The van der Waals surface area contributed by atoms with E-state index in [2.05, 4.69) is 26.8 Å². The Bertz CT molecular complexity index is 782. The fourth-order valence-electron chi connectivity index (χ4n) is 2.85. The number of nitrogen functional groups attached to an aromatic ring is 1. The van der Waals surface area contributed by atoms with Crippen LogP contribution in [0.15, 0.2) is 12.7 Å². The number of hydrogen-bond acceptors (Lipinski definition) is 8. The number of ether oxygens (including phenoxy) is 2. The van der Waals surface area contributed by atoms with Crippen LogP contribution in [0, 0.1) is 0 Å². The molecule has 2 aromatic rings. The van der Waals surface area contributed by atoms with Crippen LogP contribution in [0.4, 0.5) is 5.82 Å². The summed E-state index contributed by atoms with van der Waals surface area (Å²) in [6.45, 7) is -1.98. The Morgan fingerprint density at radius 1 is 1.38 bits per heavy atom. The second kappa shape index (κ2) is 6.60. The normalized spacial score (nSPS) is 27.8. The van der Waals surface area contributed by atoms with Crippen molar-refractivity contribution in [3.63, 3.8) is 0 Å². The van der Waals surface area contributed by atoms with Gasteiger partial charge in [-0.1, -0.05) is 6.92 Å². The average Bonchev–Trinajstić information content (AvgIpc) is 3.07. The summed E-state index contributed by atoms with van der Waals surface area (Å²) < 4.78 is 18.4. The Morgan fingerprint density at radius 2 is 2.12 bits per heavy atom. The van der Waals surface area contributed by atoms with Crippen LogP contribution in [0.25, 0.3) is 11.2 Å². The topological polar surface area (TPSA) is 138 Å². The van der Waals surface area contributed by atoms with Crippen molar-refractivity contribution < 1.29 is 23.8 Å². The molecule has 1 fully saturated rings. The lowest BCUT2D eigenvalue weighted by Gasteiger charge is -2.24. The number of imidazole rings is 1. The van der Waals surface area contributed by atoms with E-state index in [0.717, 1.165) is 0 Å². The first-order chi connectivity index (χ1) is 11.4. The van der Waals surface area contributed by atoms with Crippen molar-refractivity contribution >= 4 is 35.5 Å². The number of anilines is 1. The monoisotopic (exact) mass is 375 g/mol. The van der Waals surface area contributed by atoms with Crippen molar-refractivity contribution in [2.45, 2.75) is 37.9 Å². The van der Waals surface area contributed by atoms with Gasteiger partial charge >= 0.3 is 6.72 Å². The molecule has 0 amide bonds. The zero-order valence-electron chi connectivity index (χ0n) is 13.0. The van der Waals surface area contributed by atoms with Crippen LogP contribution in [0.1, 0.15) is 19.6 Å². The van der Waals surface area contributed by atoms with Gasteiger partial charge in [-0.05, 0) is 18.2 Å². The molecule has 2 aromatic heterocycles. The van der Waals surface area contributed by atoms with Gasteiger partial charge in [0.15, 0.2) is 17.7 Å². The van der Waals surface area contributed by atoms with E-state index in [9.17, 15) is 9.79 Å². The minimum Gasteiger partial charge on any atom is -0.382 e. The predicted molar refractivity (Wildman–Crippen MR) is 88.3 cm³/mol. The van der Waals surface area contributed by atoms with Gasteiger partial charge in [-0.15, -0.1) is 0 Å². The Hall–Kier alpha value is -1.20. The molecule has 3 heterocycles. The van der Waals surface area contributed by atoms with Crippen molar-refractivity contribution in [2.24, 2.45) is 0 Å². The number of nitrogens with two attached hydrogens (primary N) is 1. The van der Waals surface area contributed by atoms with Crippen molar-refractivity contribution in [1.82, 2.24) is 19.5 Å². The minimum atomic E-state index is -3.87. The Morgan fingerprint density at radius 3 is 2.75 bits per heavy atom. The highest BCUT2D eigenvalue weighted by molar-refractivity contribution is 8.06. The third-order valence-electron chi connectivity index (χ3n) is 3.88. The van der Waals surface area contributed by atoms with E-state index < -0.39 is 31.3 Å². The van der Waals surface area contributed by atoms with Crippen LogP contribution in [0.3, 0.4) is 0 Å². The highest BCUT2D eigenvalue weighted by Gasteiger charge is 2.48. The molecule has 12 heteroatoms. The summed E-state index contributed by atoms with van der Waals surface area (Å²) in [6.07, 6.45) is 0.992. The summed E-state index contributed by atoms with van der Waals surface area (Å²) in [5.74, 6) is 0.256. The van der Waals surface area contributed by atoms with E-state index in [-0.39, 0.29) is 5.82 Å². The van der Waals surface area contributed by atoms with Crippen LogP contribution in [-0.2, 0) is 25.8 Å². The molecule has 4 N–H and O–H groups in total. The first-order valence-electron chi connectivity index (χ1n) is 7.21. The largest absolute Gasteiger partial charge is 0.382 e. The summed E-state index contributed by atoms with van der Waals surface area (Å²) in [7, 11) is 1.48. The van der Waals surface area contributed by atoms with Crippen LogP contribution in [-0.4, -0.2) is 54.7 Å². The summed E-state index contributed by atoms with van der Waals surface area (Å²) >= 11 is 4.59. The molecule has 2 unspecified atom stereocenters. The molecule has 0 bridgehead atoms. The van der Waals surface area contributed by atoms with Gasteiger partial charge in [0.25, 0.3) is 0 Å². The summed E-state index contributed by atoms with van der Waals surface area (Å²) in [5.41, 5.74) is 6.73. The van der Waals surface area contributed by atoms with Crippen molar-refractivity contribution in [3.05, 3.63) is 12.7 Å². The van der Waals surface area contributed by atoms with Crippen LogP contribution >= 0.6 is 6.72 Å². The molecule has 0 aliphatic carbocycles. The van der Waals surface area contributed by atoms with E-state index in [0.29, 0.717) is 17.6 Å². The lowest BCUT2D eigenvalue weighted by molar-refractivity contribution is -0.0493. The van der Waals surface area contributed by atoms with Crippen LogP contribution in [0.5, 0.6) is 0 Å². The zero-order valence-corrected chi connectivity index (χ0v) is 14.7. The third-order valence-corrected chi connectivity index (χ3v) is 4.66. The van der Waals surface area contributed by atoms with Gasteiger partial charge in [0.05, 0.1) is 12.4 Å². The number of hydrogen-bond donors (Lipinski definition) is 3. The van der Waals surface area contributed by atoms with E-state index in [1.807, 2.05) is 6.92 Å². The third kappa shape index (κ3) is 3.16. The molecule has 24 heavy (non-hydrogen) atoms. The molecule has 4 atom stereocenters. The molecule has 0 aromatic carbocycles. The molecule has 3 rings (SSSR count). The van der Waals surface area contributed by atoms with Crippen molar-refractivity contribution in [1.29, 1.82) is 0 Å². The van der Waals surface area contributed by atoms with Gasteiger partial charge in [-0.25, -0.2) is 15.0 Å². The van der Waals surface area contributed by atoms with E-state index in [4.69, 9.17) is 19.7 Å². The quantitative estimate of drug-likeness (QED) is 0.627. The molecule has 1 aliphatic rings. The molecular formula is C12H18N5O5PS. The lowest BCUT2D eigenvalue weighted by atomic mass is 10.1. The second-order valence-electron chi connectivity index (χ2n) is 5.32. The first-order valence-corrected chi connectivity index (χ1v) is 9.83. The fourth-order valence-corrected chi connectivity index (χ4v) is 3.72. The molecule has 1 aliphatic heterocycles. The molecule has 0 saturated carbocycles. The SMILES string of the molecule is CC[C@H]1O[C@@H](n2cnc3c(N)ncnc32)C(OC)C1OP(O)(O)=S. The number of rotatable bonds is 5. The Labute approximate surface area is 142 Å². The maximum Gasteiger partial charge on any atom is 0.322 e. The Kier molecular flexibility index (Phi) is 4.85. The first kappa shape index (κ1) is 17.6. The van der Waals surface area contributed by atoms with E-state index in [1.165, 1.54) is 19.8 Å². The Balaban J connectivity index is 2.00. The highest BCUT2D eigenvalue weighted by Crippen LogP contribution is 2.45. The number of aromatic nitrogens is 4. The molecule has 1 saturated heterocycles. The highest BCUT2D eigenvalue weighted by atomic mass is 32.5. The van der Waals surface area contributed by atoms with Gasteiger partial charge in [0, 0.05) is 7.11 Å². The summed E-state index contributed by atoms with van der Waals surface area (Å²) in [5, 5.41) is 0. The van der Waals surface area contributed by atoms with Gasteiger partial charge in [-0.3, -0.25) is 9.09 Å². The standard InChI is InChI=1S/C12H18N5O5PS/c1-3-6-8(22-23(18,19)24)9(20-2)12(21-6)17-5-16-7-10(13)14-4-15-11(7)17/h4-6,8-9,12H,3H2,1-2H3,(H2,13,14,15)(H2,18,19,24)/t6-,8?,9?,12-/m1/s1. The molecule has 132 valence electrons. The van der Waals surface area contributed by atoms with Crippen LogP contribution in [0.2, 0.25) is 0 Å². The zero-order chi connectivity index (χ0) is 17.5. The predicted octanol–water partition coefficient (Wildman–Crippen LogP) is 0.325. The maximum atomic E-state index is 9.52. The smallest absolute Gasteiger partial charge is 0.322 e. The van der Waals surface area contributed by atoms with Gasteiger partial charge in [0.2, 0.25) is 0 Å². The lowest BCUT2D eigenvalue weighted by Crippen LogP contribution is -2.35. The average molecular weight is 375 g/mol. The molecule has 10 nitrogen and oxygen atoms in total. The van der Waals surface area contributed by atoms with Gasteiger partial charge in [0.1, 0.15) is 24.1 Å². The summed E-state index contributed by atoms with van der Waals surface area (Å²) in [4.78, 5) is 31.3. The van der Waals surface area contributed by atoms with Gasteiger partial charge in [-0.2, -0.15) is 0 Å². The van der Waals surface area contributed by atoms with Crippen LogP contribution < -0.4 is 5.73 Å². The second-order valence-corrected chi connectivity index (χ2v) is 7.94. The minimum absolute atomic E-state index is 0.256.